The van der Waals surface area contributed by atoms with Gasteiger partial charge in [-0.25, -0.2) is 4.39 Å². The van der Waals surface area contributed by atoms with Crippen LogP contribution in [0.15, 0.2) is 17.5 Å². The van der Waals surface area contributed by atoms with Crippen LogP contribution in [0.3, 0.4) is 0 Å². The minimum atomic E-state index is -0.269. The molecule has 0 atom stereocenters. The second-order valence-electron chi connectivity index (χ2n) is 2.64. The van der Waals surface area contributed by atoms with Crippen molar-refractivity contribution in [3.8, 4) is 0 Å². The van der Waals surface area contributed by atoms with Crippen LogP contribution in [0.2, 0.25) is 5.02 Å². The molecule has 12 heavy (non-hydrogen) atoms. The molecule has 0 unspecified atom stereocenters. The predicted molar refractivity (Wildman–Crippen MR) is 51.5 cm³/mol. The van der Waals surface area contributed by atoms with Gasteiger partial charge in [-0.1, -0.05) is 11.6 Å². The molecule has 0 aliphatic rings. The molecule has 2 rings (SSSR count). The number of halogens is 2. The summed E-state index contributed by atoms with van der Waals surface area (Å²) in [6, 6.07) is 2.86. The van der Waals surface area contributed by atoms with E-state index in [9.17, 15) is 4.39 Å². The number of aryl methyl sites for hydroxylation is 1. The summed E-state index contributed by atoms with van der Waals surface area (Å²) in [7, 11) is 0. The Kier molecular flexibility index (Phi) is 1.81. The lowest BCUT2D eigenvalue weighted by atomic mass is 10.2. The van der Waals surface area contributed by atoms with E-state index in [4.69, 9.17) is 11.6 Å². The Balaban J connectivity index is 2.92. The van der Waals surface area contributed by atoms with E-state index in [1.54, 1.807) is 11.3 Å². The molecule has 0 aliphatic heterocycles. The zero-order chi connectivity index (χ0) is 8.72. The maximum Gasteiger partial charge on any atom is 0.125 e. The van der Waals surface area contributed by atoms with Crippen molar-refractivity contribution in [1.82, 2.24) is 0 Å². The molecule has 0 N–H and O–H groups in total. The predicted octanol–water partition coefficient (Wildman–Crippen LogP) is 4.00. The first-order valence-electron chi connectivity index (χ1n) is 3.51. The monoisotopic (exact) mass is 200 g/mol. The SMILES string of the molecule is Cc1scc2c(Cl)cc(F)cc12. The van der Waals surface area contributed by atoms with Gasteiger partial charge in [0.25, 0.3) is 0 Å². The van der Waals surface area contributed by atoms with Crippen molar-refractivity contribution in [3.05, 3.63) is 33.2 Å². The fraction of sp³-hybridized carbons (Fsp3) is 0.111. The van der Waals surface area contributed by atoms with E-state index < -0.39 is 0 Å². The third kappa shape index (κ3) is 1.11. The first-order valence-corrected chi connectivity index (χ1v) is 4.77. The van der Waals surface area contributed by atoms with E-state index >= 15 is 0 Å². The maximum atomic E-state index is 12.9. The molecule has 3 heteroatoms. The lowest BCUT2D eigenvalue weighted by Gasteiger charge is -1.95. The quantitative estimate of drug-likeness (QED) is 0.603. The standard InChI is InChI=1S/C9H6ClFS/c1-5-7-2-6(11)3-9(10)8(7)4-12-5/h2-4H,1H3. The summed E-state index contributed by atoms with van der Waals surface area (Å²) < 4.78 is 12.9. The van der Waals surface area contributed by atoms with E-state index in [0.717, 1.165) is 15.6 Å². The fourth-order valence-corrected chi connectivity index (χ4v) is 2.38. The summed E-state index contributed by atoms with van der Waals surface area (Å²) in [6.07, 6.45) is 0. The van der Waals surface area contributed by atoms with Crippen LogP contribution in [0.1, 0.15) is 4.88 Å². The van der Waals surface area contributed by atoms with Crippen LogP contribution in [-0.4, -0.2) is 0 Å². The number of fused-ring (bicyclic) bond motifs is 1. The summed E-state index contributed by atoms with van der Waals surface area (Å²) in [5.74, 6) is -0.269. The summed E-state index contributed by atoms with van der Waals surface area (Å²) in [5.41, 5.74) is 0. The zero-order valence-corrected chi connectivity index (χ0v) is 7.97. The molecular formula is C9H6ClFS. The summed E-state index contributed by atoms with van der Waals surface area (Å²) >= 11 is 7.43. The van der Waals surface area contributed by atoms with E-state index in [1.807, 2.05) is 12.3 Å². The Morgan fingerprint density at radius 3 is 2.83 bits per heavy atom. The van der Waals surface area contributed by atoms with Crippen molar-refractivity contribution in [2.24, 2.45) is 0 Å². The van der Waals surface area contributed by atoms with Crippen molar-refractivity contribution < 1.29 is 4.39 Å². The fourth-order valence-electron chi connectivity index (χ4n) is 1.21. The molecule has 2 aromatic rings. The lowest BCUT2D eigenvalue weighted by Crippen LogP contribution is -1.75. The molecule has 0 fully saturated rings. The van der Waals surface area contributed by atoms with E-state index in [1.165, 1.54) is 12.1 Å². The van der Waals surface area contributed by atoms with E-state index in [2.05, 4.69) is 0 Å². The molecule has 0 aliphatic carbocycles. The van der Waals surface area contributed by atoms with Gasteiger partial charge in [-0.05, 0) is 24.4 Å². The van der Waals surface area contributed by atoms with Gasteiger partial charge in [0.05, 0.1) is 5.02 Å². The van der Waals surface area contributed by atoms with Crippen LogP contribution in [0.25, 0.3) is 10.8 Å². The van der Waals surface area contributed by atoms with Crippen LogP contribution in [-0.2, 0) is 0 Å². The Morgan fingerprint density at radius 2 is 2.08 bits per heavy atom. The summed E-state index contributed by atoms with van der Waals surface area (Å²) in [5, 5.41) is 4.31. The summed E-state index contributed by atoms with van der Waals surface area (Å²) in [6.45, 7) is 1.96. The highest BCUT2D eigenvalue weighted by molar-refractivity contribution is 7.11. The van der Waals surface area contributed by atoms with Gasteiger partial charge in [0.2, 0.25) is 0 Å². The average molecular weight is 201 g/mol. The van der Waals surface area contributed by atoms with Gasteiger partial charge in [-0.3, -0.25) is 0 Å². The smallest absolute Gasteiger partial charge is 0.125 e. The van der Waals surface area contributed by atoms with Crippen molar-refractivity contribution in [2.75, 3.05) is 0 Å². The Hall–Kier alpha value is -0.600. The molecule has 1 aromatic carbocycles. The van der Waals surface area contributed by atoms with Crippen molar-refractivity contribution in [2.45, 2.75) is 6.92 Å². The number of thiophene rings is 1. The van der Waals surface area contributed by atoms with Crippen LogP contribution < -0.4 is 0 Å². The second-order valence-corrected chi connectivity index (χ2v) is 4.13. The number of hydrogen-bond donors (Lipinski definition) is 0. The highest BCUT2D eigenvalue weighted by Crippen LogP contribution is 2.31. The molecular weight excluding hydrogens is 195 g/mol. The third-order valence-electron chi connectivity index (χ3n) is 1.83. The van der Waals surface area contributed by atoms with E-state index in [-0.39, 0.29) is 5.82 Å². The lowest BCUT2D eigenvalue weighted by molar-refractivity contribution is 0.630. The zero-order valence-electron chi connectivity index (χ0n) is 6.40. The molecule has 1 heterocycles. The van der Waals surface area contributed by atoms with Crippen LogP contribution >= 0.6 is 22.9 Å². The molecule has 0 bridgehead atoms. The Bertz CT molecular complexity index is 433. The Labute approximate surface area is 78.6 Å². The van der Waals surface area contributed by atoms with Gasteiger partial charge < -0.3 is 0 Å². The molecule has 1 aromatic heterocycles. The molecule has 62 valence electrons. The number of hydrogen-bond acceptors (Lipinski definition) is 1. The van der Waals surface area contributed by atoms with Gasteiger partial charge in [-0.15, -0.1) is 11.3 Å². The first-order chi connectivity index (χ1) is 5.68. The van der Waals surface area contributed by atoms with Crippen LogP contribution in [0, 0.1) is 12.7 Å². The normalized spacial score (nSPS) is 10.9. The number of rotatable bonds is 0. The van der Waals surface area contributed by atoms with Gasteiger partial charge in [-0.2, -0.15) is 0 Å². The highest BCUT2D eigenvalue weighted by Gasteiger charge is 2.05. The summed E-state index contributed by atoms with van der Waals surface area (Å²) in [4.78, 5) is 1.10. The highest BCUT2D eigenvalue weighted by atomic mass is 35.5. The van der Waals surface area contributed by atoms with Crippen molar-refractivity contribution >= 4 is 33.7 Å². The van der Waals surface area contributed by atoms with Crippen LogP contribution in [0.5, 0.6) is 0 Å². The minimum Gasteiger partial charge on any atom is -0.207 e. The van der Waals surface area contributed by atoms with Gasteiger partial charge in [0, 0.05) is 15.6 Å². The maximum absolute atomic E-state index is 12.9. The molecule has 0 spiro atoms. The van der Waals surface area contributed by atoms with Crippen molar-refractivity contribution in [1.29, 1.82) is 0 Å². The molecule has 0 saturated carbocycles. The largest absolute Gasteiger partial charge is 0.207 e. The van der Waals surface area contributed by atoms with Gasteiger partial charge in [0.15, 0.2) is 0 Å². The second kappa shape index (κ2) is 2.71. The van der Waals surface area contributed by atoms with Crippen LogP contribution in [0.4, 0.5) is 4.39 Å². The molecule has 0 amide bonds. The van der Waals surface area contributed by atoms with Gasteiger partial charge >= 0.3 is 0 Å². The molecule has 0 saturated heterocycles. The minimum absolute atomic E-state index is 0.269. The molecule has 0 radical (unpaired) electrons. The average Bonchev–Trinajstić information content (AvgIpc) is 2.33. The third-order valence-corrected chi connectivity index (χ3v) is 3.07. The molecule has 0 nitrogen and oxygen atoms in total. The Morgan fingerprint density at radius 1 is 1.33 bits per heavy atom. The topological polar surface area (TPSA) is 0 Å². The van der Waals surface area contributed by atoms with Gasteiger partial charge in [0.1, 0.15) is 5.82 Å². The number of benzene rings is 1. The van der Waals surface area contributed by atoms with E-state index in [0.29, 0.717) is 5.02 Å². The van der Waals surface area contributed by atoms with Crippen molar-refractivity contribution in [3.63, 3.8) is 0 Å². The first kappa shape index (κ1) is 8.02.